The van der Waals surface area contributed by atoms with E-state index in [4.69, 9.17) is 5.11 Å². The summed E-state index contributed by atoms with van der Waals surface area (Å²) in [4.78, 5) is 23.9. The summed E-state index contributed by atoms with van der Waals surface area (Å²) in [5.74, 6) is -1.20. The fraction of sp³-hybridized carbons (Fsp3) is 0.500. The van der Waals surface area contributed by atoms with Gasteiger partial charge in [-0.15, -0.1) is 11.3 Å². The lowest BCUT2D eigenvalue weighted by Crippen LogP contribution is -2.49. The first-order chi connectivity index (χ1) is 9.73. The van der Waals surface area contributed by atoms with Crippen molar-refractivity contribution in [3.05, 3.63) is 16.5 Å². The summed E-state index contributed by atoms with van der Waals surface area (Å²) in [5, 5.41) is 9.01. The molecule has 9 heteroatoms. The third-order valence-electron chi connectivity index (χ3n) is 3.37. The largest absolute Gasteiger partial charge is 0.477 e. The van der Waals surface area contributed by atoms with E-state index in [1.165, 1.54) is 17.3 Å². The van der Waals surface area contributed by atoms with Crippen molar-refractivity contribution in [3.63, 3.8) is 0 Å². The van der Waals surface area contributed by atoms with E-state index in [0.29, 0.717) is 18.7 Å². The molecule has 2 rings (SSSR count). The number of aromatic carboxylic acids is 1. The molecule has 0 atom stereocenters. The number of rotatable bonds is 3. The molecule has 116 valence electrons. The Hall–Kier alpha value is -1.45. The number of nitrogens with zero attached hydrogens (tertiary/aromatic N) is 2. The molecule has 0 bridgehead atoms. The number of hydrogen-bond acceptors (Lipinski definition) is 5. The second-order valence-corrected chi connectivity index (χ2v) is 8.01. The minimum Gasteiger partial charge on any atom is -0.477 e. The maximum atomic E-state index is 12.5. The van der Waals surface area contributed by atoms with Gasteiger partial charge in [0.25, 0.3) is 10.0 Å². The molecule has 1 aromatic heterocycles. The van der Waals surface area contributed by atoms with Crippen molar-refractivity contribution in [2.75, 3.05) is 26.2 Å². The lowest BCUT2D eigenvalue weighted by molar-refractivity contribution is -0.129. The normalized spacial score (nSPS) is 17.0. The van der Waals surface area contributed by atoms with Gasteiger partial charge < -0.3 is 10.0 Å². The molecule has 1 aliphatic heterocycles. The number of thiophene rings is 1. The first kappa shape index (κ1) is 15.9. The highest BCUT2D eigenvalue weighted by Gasteiger charge is 2.31. The summed E-state index contributed by atoms with van der Waals surface area (Å²) >= 11 is 0.766. The van der Waals surface area contributed by atoms with Crippen LogP contribution in [0, 0.1) is 6.92 Å². The molecule has 0 radical (unpaired) electrons. The summed E-state index contributed by atoms with van der Waals surface area (Å²) in [6.07, 6.45) is 0. The third-order valence-corrected chi connectivity index (χ3v) is 6.94. The van der Waals surface area contributed by atoms with Gasteiger partial charge in [-0.1, -0.05) is 0 Å². The van der Waals surface area contributed by atoms with E-state index in [1.807, 2.05) is 0 Å². The molecule has 0 aliphatic carbocycles. The number of sulfonamides is 1. The lowest BCUT2D eigenvalue weighted by Gasteiger charge is -2.33. The molecule has 1 amide bonds. The molecular formula is C12H16N2O5S2. The van der Waals surface area contributed by atoms with Crippen LogP contribution in [-0.2, 0) is 14.8 Å². The maximum Gasteiger partial charge on any atom is 0.346 e. The number of aryl methyl sites for hydroxylation is 1. The third kappa shape index (κ3) is 3.09. The van der Waals surface area contributed by atoms with Crippen molar-refractivity contribution in [1.82, 2.24) is 9.21 Å². The number of hydrogen-bond donors (Lipinski definition) is 1. The predicted octanol–water partition coefficient (Wildman–Crippen LogP) is 0.608. The van der Waals surface area contributed by atoms with Crippen molar-refractivity contribution in [3.8, 4) is 0 Å². The molecule has 1 N–H and O–H groups in total. The monoisotopic (exact) mass is 332 g/mol. The Kier molecular flexibility index (Phi) is 4.35. The Bertz CT molecular complexity index is 672. The van der Waals surface area contributed by atoms with Gasteiger partial charge in [0.05, 0.1) is 0 Å². The van der Waals surface area contributed by atoms with E-state index in [1.54, 1.807) is 11.8 Å². The highest BCUT2D eigenvalue weighted by atomic mass is 32.2. The van der Waals surface area contributed by atoms with Gasteiger partial charge in [-0.2, -0.15) is 4.31 Å². The zero-order chi connectivity index (χ0) is 15.8. The van der Waals surface area contributed by atoms with E-state index in [2.05, 4.69) is 0 Å². The number of carbonyl (C=O) groups excluding carboxylic acids is 1. The zero-order valence-corrected chi connectivity index (χ0v) is 13.3. The topological polar surface area (TPSA) is 95.0 Å². The second-order valence-electron chi connectivity index (χ2n) is 4.79. The van der Waals surface area contributed by atoms with Crippen molar-refractivity contribution in [2.24, 2.45) is 0 Å². The first-order valence-corrected chi connectivity index (χ1v) is 8.58. The van der Waals surface area contributed by atoms with Gasteiger partial charge in [-0.3, -0.25) is 4.79 Å². The lowest BCUT2D eigenvalue weighted by atomic mass is 10.3. The van der Waals surface area contributed by atoms with Crippen LogP contribution in [0.3, 0.4) is 0 Å². The number of amides is 1. The number of carboxylic acids is 1. The quantitative estimate of drug-likeness (QED) is 0.875. The van der Waals surface area contributed by atoms with Gasteiger partial charge in [0.15, 0.2) is 0 Å². The highest BCUT2D eigenvalue weighted by molar-refractivity contribution is 7.91. The van der Waals surface area contributed by atoms with Crippen molar-refractivity contribution >= 4 is 33.2 Å². The van der Waals surface area contributed by atoms with E-state index >= 15 is 0 Å². The van der Waals surface area contributed by atoms with Gasteiger partial charge in [0, 0.05) is 33.1 Å². The van der Waals surface area contributed by atoms with Gasteiger partial charge >= 0.3 is 5.97 Å². The van der Waals surface area contributed by atoms with Crippen molar-refractivity contribution in [1.29, 1.82) is 0 Å². The SMILES string of the molecule is CC(=O)N1CCN(S(=O)(=O)c2cc(C)c(C(=O)O)s2)CC1. The van der Waals surface area contributed by atoms with Crippen LogP contribution in [0.1, 0.15) is 22.2 Å². The van der Waals surface area contributed by atoms with Crippen LogP contribution in [0.15, 0.2) is 10.3 Å². The van der Waals surface area contributed by atoms with Crippen LogP contribution >= 0.6 is 11.3 Å². The molecule has 1 saturated heterocycles. The van der Waals surface area contributed by atoms with Crippen molar-refractivity contribution in [2.45, 2.75) is 18.1 Å². The van der Waals surface area contributed by atoms with Crippen LogP contribution < -0.4 is 0 Å². The van der Waals surface area contributed by atoms with Crippen LogP contribution in [0.5, 0.6) is 0 Å². The molecule has 1 aromatic rings. The van der Waals surface area contributed by atoms with Crippen molar-refractivity contribution < 1.29 is 23.1 Å². The summed E-state index contributed by atoms with van der Waals surface area (Å²) in [6, 6.07) is 1.39. The molecular weight excluding hydrogens is 316 g/mol. The Morgan fingerprint density at radius 1 is 1.24 bits per heavy atom. The second kappa shape index (κ2) is 5.74. The summed E-state index contributed by atoms with van der Waals surface area (Å²) < 4.78 is 26.3. The average molecular weight is 332 g/mol. The van der Waals surface area contributed by atoms with Crippen LogP contribution in [0.25, 0.3) is 0 Å². The molecule has 1 aliphatic rings. The maximum absolute atomic E-state index is 12.5. The molecule has 0 unspecified atom stereocenters. The standard InChI is InChI=1S/C12H16N2O5S2/c1-8-7-10(20-11(8)12(16)17)21(18,19)14-5-3-13(4-6-14)9(2)15/h7H,3-6H2,1-2H3,(H,16,17). The molecule has 0 aromatic carbocycles. The minimum atomic E-state index is -3.70. The minimum absolute atomic E-state index is 0.0358. The Balaban J connectivity index is 2.21. The van der Waals surface area contributed by atoms with Crippen LogP contribution in [0.4, 0.5) is 0 Å². The van der Waals surface area contributed by atoms with E-state index < -0.39 is 16.0 Å². The number of carbonyl (C=O) groups is 2. The Morgan fingerprint density at radius 2 is 1.81 bits per heavy atom. The Morgan fingerprint density at radius 3 is 2.24 bits per heavy atom. The molecule has 2 heterocycles. The van der Waals surface area contributed by atoms with E-state index in [-0.39, 0.29) is 28.1 Å². The number of piperazine rings is 1. The fourth-order valence-corrected chi connectivity index (χ4v) is 5.12. The van der Waals surface area contributed by atoms with Gasteiger partial charge in [0.2, 0.25) is 5.91 Å². The molecule has 1 fully saturated rings. The van der Waals surface area contributed by atoms with Gasteiger partial charge in [-0.25, -0.2) is 13.2 Å². The molecule has 0 spiro atoms. The molecule has 7 nitrogen and oxygen atoms in total. The average Bonchev–Trinajstić information content (AvgIpc) is 2.82. The summed E-state index contributed by atoms with van der Waals surface area (Å²) in [7, 11) is -3.70. The van der Waals surface area contributed by atoms with Gasteiger partial charge in [-0.05, 0) is 18.6 Å². The van der Waals surface area contributed by atoms with E-state index in [0.717, 1.165) is 11.3 Å². The predicted molar refractivity (Wildman–Crippen MR) is 77.0 cm³/mol. The van der Waals surface area contributed by atoms with Crippen LogP contribution in [0.2, 0.25) is 0 Å². The first-order valence-electron chi connectivity index (χ1n) is 6.33. The van der Waals surface area contributed by atoms with E-state index in [9.17, 15) is 18.0 Å². The smallest absolute Gasteiger partial charge is 0.346 e. The summed E-state index contributed by atoms with van der Waals surface area (Å²) in [5.41, 5.74) is 0.438. The number of carboxylic acid groups (broad SMARTS) is 1. The van der Waals surface area contributed by atoms with Crippen LogP contribution in [-0.4, -0.2) is 60.8 Å². The van der Waals surface area contributed by atoms with Gasteiger partial charge in [0.1, 0.15) is 9.09 Å². The highest BCUT2D eigenvalue weighted by Crippen LogP contribution is 2.29. The molecule has 21 heavy (non-hydrogen) atoms. The fourth-order valence-electron chi connectivity index (χ4n) is 2.16. The molecule has 0 saturated carbocycles. The Labute approximate surface area is 126 Å². The summed E-state index contributed by atoms with van der Waals surface area (Å²) in [6.45, 7) is 4.18. The zero-order valence-electron chi connectivity index (χ0n) is 11.7.